The van der Waals surface area contributed by atoms with Crippen molar-refractivity contribution in [2.24, 2.45) is 5.73 Å². The molecule has 0 aliphatic carbocycles. The fourth-order valence-corrected chi connectivity index (χ4v) is 1.27. The van der Waals surface area contributed by atoms with Crippen LogP contribution in [0.3, 0.4) is 0 Å². The van der Waals surface area contributed by atoms with Crippen LogP contribution in [0.4, 0.5) is 0 Å². The number of hydrogen-bond acceptors (Lipinski definition) is 4. The predicted octanol–water partition coefficient (Wildman–Crippen LogP) is 1.59. The van der Waals surface area contributed by atoms with Gasteiger partial charge in [0.2, 0.25) is 5.78 Å². The number of nitrogens with two attached hydrogens (primary N) is 1. The number of para-hydroxylation sites is 1. The first-order valence-corrected chi connectivity index (χ1v) is 5.25. The third-order valence-corrected chi connectivity index (χ3v) is 2.13. The van der Waals surface area contributed by atoms with Crippen molar-refractivity contribution in [3.63, 3.8) is 0 Å². The smallest absolute Gasteiger partial charge is 0.209 e. The van der Waals surface area contributed by atoms with E-state index < -0.39 is 6.23 Å². The molecule has 0 aliphatic heterocycles. The molecule has 1 aromatic rings. The maximum atomic E-state index is 11.8. The van der Waals surface area contributed by atoms with E-state index in [4.69, 9.17) is 15.2 Å². The van der Waals surface area contributed by atoms with Crippen LogP contribution in [0, 0.1) is 0 Å². The molecule has 0 saturated heterocycles. The van der Waals surface area contributed by atoms with E-state index in [-0.39, 0.29) is 5.78 Å². The van der Waals surface area contributed by atoms with Gasteiger partial charge in [0.15, 0.2) is 6.23 Å². The highest BCUT2D eigenvalue weighted by Gasteiger charge is 2.18. The van der Waals surface area contributed by atoms with Gasteiger partial charge in [-0.25, -0.2) is 0 Å². The molecule has 0 aromatic heterocycles. The van der Waals surface area contributed by atoms with Crippen LogP contribution in [0.25, 0.3) is 0 Å². The highest BCUT2D eigenvalue weighted by molar-refractivity contribution is 6.01. The van der Waals surface area contributed by atoms with E-state index >= 15 is 0 Å². The molecule has 0 bridgehead atoms. The Hall–Kier alpha value is -1.39. The molecule has 1 aromatic carbocycles. The van der Waals surface area contributed by atoms with Crippen LogP contribution < -0.4 is 10.5 Å². The first kappa shape index (κ1) is 12.7. The summed E-state index contributed by atoms with van der Waals surface area (Å²) in [5.74, 6) is 0.288. The van der Waals surface area contributed by atoms with Crippen LogP contribution in [0.1, 0.15) is 23.7 Å². The van der Waals surface area contributed by atoms with Crippen LogP contribution in [-0.2, 0) is 4.74 Å². The van der Waals surface area contributed by atoms with Crippen LogP contribution in [0.2, 0.25) is 0 Å². The Bertz CT molecular complexity index is 352. The summed E-state index contributed by atoms with van der Waals surface area (Å²) in [4.78, 5) is 11.8. The van der Waals surface area contributed by atoms with Gasteiger partial charge in [0, 0.05) is 7.11 Å². The van der Waals surface area contributed by atoms with E-state index in [1.54, 1.807) is 18.2 Å². The van der Waals surface area contributed by atoms with Gasteiger partial charge in [0.25, 0.3) is 0 Å². The molecule has 1 rings (SSSR count). The zero-order chi connectivity index (χ0) is 12.0. The number of carbonyl (C=O) groups is 1. The minimum absolute atomic E-state index is 0.269. The molecule has 0 saturated carbocycles. The Balaban J connectivity index is 2.89. The third-order valence-electron chi connectivity index (χ3n) is 2.13. The lowest BCUT2D eigenvalue weighted by atomic mass is 10.1. The Morgan fingerprint density at radius 3 is 2.75 bits per heavy atom. The standard InChI is InChI=1S/C12H17NO3/c1-3-8-16-10-7-5-4-6-9(10)11(14)12(13)15-2/h4-7,12H,3,8,13H2,1-2H3. The quantitative estimate of drug-likeness (QED) is 0.587. The Morgan fingerprint density at radius 2 is 2.12 bits per heavy atom. The monoisotopic (exact) mass is 223 g/mol. The van der Waals surface area contributed by atoms with Crippen LogP contribution >= 0.6 is 0 Å². The molecule has 0 fully saturated rings. The van der Waals surface area contributed by atoms with E-state index in [0.29, 0.717) is 17.9 Å². The van der Waals surface area contributed by atoms with Crippen LogP contribution in [-0.4, -0.2) is 25.7 Å². The molecule has 0 heterocycles. The number of rotatable bonds is 6. The average Bonchev–Trinajstić information content (AvgIpc) is 2.34. The minimum atomic E-state index is -0.939. The predicted molar refractivity (Wildman–Crippen MR) is 61.5 cm³/mol. The third kappa shape index (κ3) is 3.05. The Kier molecular flexibility index (Phi) is 4.95. The number of hydrogen-bond donors (Lipinski definition) is 1. The van der Waals surface area contributed by atoms with Crippen molar-refractivity contribution in [1.29, 1.82) is 0 Å². The molecule has 0 radical (unpaired) electrons. The van der Waals surface area contributed by atoms with Crippen molar-refractivity contribution in [2.45, 2.75) is 19.6 Å². The molecular weight excluding hydrogens is 206 g/mol. The fourth-order valence-electron chi connectivity index (χ4n) is 1.27. The average molecular weight is 223 g/mol. The molecule has 4 heteroatoms. The highest BCUT2D eigenvalue weighted by atomic mass is 16.5. The van der Waals surface area contributed by atoms with Gasteiger partial charge in [-0.1, -0.05) is 19.1 Å². The van der Waals surface area contributed by atoms with Crippen molar-refractivity contribution in [1.82, 2.24) is 0 Å². The summed E-state index contributed by atoms with van der Waals surface area (Å²) in [6.45, 7) is 2.58. The van der Waals surface area contributed by atoms with E-state index in [9.17, 15) is 4.79 Å². The van der Waals surface area contributed by atoms with Crippen molar-refractivity contribution in [2.75, 3.05) is 13.7 Å². The number of ether oxygens (including phenoxy) is 2. The van der Waals surface area contributed by atoms with E-state index in [1.165, 1.54) is 7.11 Å². The molecular formula is C12H17NO3. The van der Waals surface area contributed by atoms with Gasteiger partial charge in [-0.2, -0.15) is 0 Å². The summed E-state index contributed by atoms with van der Waals surface area (Å²) in [6.07, 6.45) is -0.0508. The summed E-state index contributed by atoms with van der Waals surface area (Å²) in [6, 6.07) is 7.03. The Labute approximate surface area is 95.3 Å². The lowest BCUT2D eigenvalue weighted by Gasteiger charge is -2.12. The molecule has 16 heavy (non-hydrogen) atoms. The van der Waals surface area contributed by atoms with Crippen LogP contribution in [0.15, 0.2) is 24.3 Å². The highest BCUT2D eigenvalue weighted by Crippen LogP contribution is 2.19. The Morgan fingerprint density at radius 1 is 1.44 bits per heavy atom. The number of Topliss-reactive ketones (excluding diaryl/α,β-unsaturated/α-hetero) is 1. The van der Waals surface area contributed by atoms with E-state index in [2.05, 4.69) is 0 Å². The zero-order valence-corrected chi connectivity index (χ0v) is 9.60. The first-order valence-electron chi connectivity index (χ1n) is 5.25. The lowest BCUT2D eigenvalue weighted by Crippen LogP contribution is -2.32. The van der Waals surface area contributed by atoms with Crippen molar-refractivity contribution in [3.8, 4) is 5.75 Å². The molecule has 0 amide bonds. The van der Waals surface area contributed by atoms with Gasteiger partial charge in [0.1, 0.15) is 5.75 Å². The summed E-state index contributed by atoms with van der Waals surface area (Å²) < 4.78 is 10.3. The molecule has 1 unspecified atom stereocenters. The molecule has 0 aliphatic rings. The summed E-state index contributed by atoms with van der Waals surface area (Å²) in [5, 5.41) is 0. The number of methoxy groups -OCH3 is 1. The fraction of sp³-hybridized carbons (Fsp3) is 0.417. The molecule has 1 atom stereocenters. The van der Waals surface area contributed by atoms with Gasteiger partial charge in [0.05, 0.1) is 12.2 Å². The van der Waals surface area contributed by atoms with Gasteiger partial charge < -0.3 is 9.47 Å². The number of ketones is 1. The van der Waals surface area contributed by atoms with Crippen molar-refractivity contribution in [3.05, 3.63) is 29.8 Å². The van der Waals surface area contributed by atoms with Gasteiger partial charge in [-0.05, 0) is 18.6 Å². The second-order valence-corrected chi connectivity index (χ2v) is 3.37. The number of carbonyl (C=O) groups excluding carboxylic acids is 1. The molecule has 0 spiro atoms. The summed E-state index contributed by atoms with van der Waals surface area (Å²) in [7, 11) is 1.40. The van der Waals surface area contributed by atoms with E-state index in [0.717, 1.165) is 6.42 Å². The number of benzene rings is 1. The van der Waals surface area contributed by atoms with Gasteiger partial charge >= 0.3 is 0 Å². The maximum Gasteiger partial charge on any atom is 0.209 e. The largest absolute Gasteiger partial charge is 0.493 e. The van der Waals surface area contributed by atoms with Gasteiger partial charge in [-0.15, -0.1) is 0 Å². The molecule has 2 N–H and O–H groups in total. The normalized spacial score (nSPS) is 12.2. The second kappa shape index (κ2) is 6.25. The van der Waals surface area contributed by atoms with E-state index in [1.807, 2.05) is 13.0 Å². The zero-order valence-electron chi connectivity index (χ0n) is 9.60. The maximum absolute atomic E-state index is 11.8. The SMILES string of the molecule is CCCOc1ccccc1C(=O)C(N)OC. The lowest BCUT2D eigenvalue weighted by molar-refractivity contribution is 0.0620. The summed E-state index contributed by atoms with van der Waals surface area (Å²) >= 11 is 0. The molecule has 4 nitrogen and oxygen atoms in total. The van der Waals surface area contributed by atoms with Crippen molar-refractivity contribution < 1.29 is 14.3 Å². The summed E-state index contributed by atoms with van der Waals surface area (Å²) in [5.41, 5.74) is 5.98. The molecule has 88 valence electrons. The van der Waals surface area contributed by atoms with Crippen LogP contribution in [0.5, 0.6) is 5.75 Å². The second-order valence-electron chi connectivity index (χ2n) is 3.37. The first-order chi connectivity index (χ1) is 7.70. The topological polar surface area (TPSA) is 61.5 Å². The van der Waals surface area contributed by atoms with Crippen molar-refractivity contribution >= 4 is 5.78 Å². The van der Waals surface area contributed by atoms with Gasteiger partial charge in [-0.3, -0.25) is 10.5 Å². The minimum Gasteiger partial charge on any atom is -0.493 e.